The van der Waals surface area contributed by atoms with Crippen molar-refractivity contribution >= 4 is 11.6 Å². The lowest BCUT2D eigenvalue weighted by atomic mass is 10.1. The summed E-state index contributed by atoms with van der Waals surface area (Å²) in [7, 11) is 0. The van der Waals surface area contributed by atoms with Gasteiger partial charge in [0, 0.05) is 19.1 Å². The Kier molecular flexibility index (Phi) is 4.07. The van der Waals surface area contributed by atoms with Gasteiger partial charge in [-0.3, -0.25) is 4.79 Å². The van der Waals surface area contributed by atoms with Crippen molar-refractivity contribution in [1.29, 1.82) is 0 Å². The number of carbonyl (C=O) groups is 1. The third-order valence-electron chi connectivity index (χ3n) is 3.97. The highest BCUT2D eigenvalue weighted by Gasteiger charge is 2.31. The van der Waals surface area contributed by atoms with Crippen LogP contribution < -0.4 is 16.0 Å². The molecule has 21 heavy (non-hydrogen) atoms. The molecule has 0 aromatic heterocycles. The molecule has 1 unspecified atom stereocenters. The lowest BCUT2D eigenvalue weighted by Gasteiger charge is -2.36. The van der Waals surface area contributed by atoms with E-state index in [-0.39, 0.29) is 12.4 Å². The number of anilines is 1. The maximum Gasteiger partial charge on any atom is 0.242 e. The van der Waals surface area contributed by atoms with Crippen molar-refractivity contribution in [2.45, 2.75) is 31.5 Å². The van der Waals surface area contributed by atoms with Crippen LogP contribution in [0.4, 0.5) is 10.1 Å². The predicted molar refractivity (Wildman–Crippen MR) is 77.4 cm³/mol. The zero-order valence-electron chi connectivity index (χ0n) is 11.8. The third kappa shape index (κ3) is 3.16. The normalized spacial score (nSPS) is 22.3. The molecule has 1 amide bonds. The predicted octanol–water partition coefficient (Wildman–Crippen LogP) is 0.768. The van der Waals surface area contributed by atoms with Crippen LogP contribution in [0.25, 0.3) is 0 Å². The van der Waals surface area contributed by atoms with Crippen LogP contribution in [0.5, 0.6) is 0 Å². The van der Waals surface area contributed by atoms with Crippen molar-refractivity contribution in [3.05, 3.63) is 29.6 Å². The van der Waals surface area contributed by atoms with Gasteiger partial charge in [-0.15, -0.1) is 0 Å². The zero-order chi connectivity index (χ0) is 14.8. The largest absolute Gasteiger partial charge is 0.377 e. The summed E-state index contributed by atoms with van der Waals surface area (Å²) < 4.78 is 19.7. The first-order chi connectivity index (χ1) is 10.2. The van der Waals surface area contributed by atoms with Crippen LogP contribution in [0.3, 0.4) is 0 Å². The molecule has 1 aliphatic carbocycles. The van der Waals surface area contributed by atoms with Gasteiger partial charge < -0.3 is 20.7 Å². The monoisotopic (exact) mass is 293 g/mol. The number of carbonyl (C=O) groups excluding carboxylic acids is 1. The van der Waals surface area contributed by atoms with E-state index in [1.54, 1.807) is 11.0 Å². The van der Waals surface area contributed by atoms with Gasteiger partial charge in [-0.05, 0) is 24.5 Å². The maximum atomic E-state index is 14.3. The zero-order valence-corrected chi connectivity index (χ0v) is 11.8. The number of halogens is 1. The number of primary amides is 1. The molecule has 3 rings (SSSR count). The van der Waals surface area contributed by atoms with E-state index in [9.17, 15) is 9.18 Å². The summed E-state index contributed by atoms with van der Waals surface area (Å²) in [5.41, 5.74) is 6.76. The molecule has 1 saturated heterocycles. The van der Waals surface area contributed by atoms with Crippen LogP contribution in [0.1, 0.15) is 18.4 Å². The van der Waals surface area contributed by atoms with Crippen LogP contribution in [0.2, 0.25) is 0 Å². The Bertz CT molecular complexity index is 534. The molecule has 1 aliphatic heterocycles. The van der Waals surface area contributed by atoms with E-state index in [0.29, 0.717) is 31.4 Å². The molecule has 114 valence electrons. The summed E-state index contributed by atoms with van der Waals surface area (Å²) in [6.07, 6.45) is 2.35. The molecule has 3 N–H and O–H groups in total. The molecule has 2 fully saturated rings. The number of para-hydroxylation sites is 1. The smallest absolute Gasteiger partial charge is 0.242 e. The second-order valence-electron chi connectivity index (χ2n) is 5.59. The van der Waals surface area contributed by atoms with E-state index in [1.165, 1.54) is 18.9 Å². The summed E-state index contributed by atoms with van der Waals surface area (Å²) in [6.45, 7) is 1.73. The van der Waals surface area contributed by atoms with E-state index < -0.39 is 11.9 Å². The summed E-state index contributed by atoms with van der Waals surface area (Å²) >= 11 is 0. The third-order valence-corrected chi connectivity index (χ3v) is 3.97. The highest BCUT2D eigenvalue weighted by Crippen LogP contribution is 2.29. The first-order valence-corrected chi connectivity index (χ1v) is 7.31. The van der Waals surface area contributed by atoms with Crippen molar-refractivity contribution in [1.82, 2.24) is 5.32 Å². The molecule has 1 aromatic rings. The lowest BCUT2D eigenvalue weighted by Crippen LogP contribution is -2.53. The highest BCUT2D eigenvalue weighted by atomic mass is 19.1. The molecule has 6 heteroatoms. The number of rotatable bonds is 5. The number of morpholine rings is 1. The van der Waals surface area contributed by atoms with Crippen molar-refractivity contribution in [2.24, 2.45) is 5.73 Å². The minimum atomic E-state index is -0.615. The van der Waals surface area contributed by atoms with Crippen molar-refractivity contribution in [3.8, 4) is 0 Å². The van der Waals surface area contributed by atoms with Gasteiger partial charge in [-0.1, -0.05) is 12.1 Å². The maximum absolute atomic E-state index is 14.3. The fourth-order valence-electron chi connectivity index (χ4n) is 2.67. The average molecular weight is 293 g/mol. The van der Waals surface area contributed by atoms with Gasteiger partial charge in [0.05, 0.1) is 18.9 Å². The Morgan fingerprint density at radius 1 is 1.48 bits per heavy atom. The fraction of sp³-hybridized carbons (Fsp3) is 0.533. The van der Waals surface area contributed by atoms with Crippen molar-refractivity contribution in [2.75, 3.05) is 24.7 Å². The Morgan fingerprint density at radius 2 is 2.29 bits per heavy atom. The summed E-state index contributed by atoms with van der Waals surface area (Å²) in [5, 5.41) is 3.38. The molecule has 1 aromatic carbocycles. The summed E-state index contributed by atoms with van der Waals surface area (Å²) in [4.78, 5) is 13.3. The number of nitrogens with zero attached hydrogens (tertiary/aromatic N) is 1. The standard InChI is InChI=1S/C15H20FN3O2/c16-12-3-1-2-10(8-18-11-4-5-11)14(12)19-6-7-21-9-13(19)15(17)20/h1-3,11,13,18H,4-9H2,(H2,17,20). The van der Waals surface area contributed by atoms with E-state index in [1.807, 2.05) is 6.07 Å². The first kappa shape index (κ1) is 14.3. The Balaban J connectivity index is 1.88. The van der Waals surface area contributed by atoms with E-state index >= 15 is 0 Å². The fourth-order valence-corrected chi connectivity index (χ4v) is 2.67. The van der Waals surface area contributed by atoms with E-state index in [0.717, 1.165) is 5.56 Å². The molecular formula is C15H20FN3O2. The number of benzene rings is 1. The first-order valence-electron chi connectivity index (χ1n) is 7.31. The number of nitrogens with two attached hydrogens (primary N) is 1. The van der Waals surface area contributed by atoms with Gasteiger partial charge in [-0.2, -0.15) is 0 Å². The highest BCUT2D eigenvalue weighted by molar-refractivity contribution is 5.84. The van der Waals surface area contributed by atoms with Gasteiger partial charge in [0.15, 0.2) is 0 Å². The molecule has 1 atom stereocenters. The lowest BCUT2D eigenvalue weighted by molar-refractivity contribution is -0.121. The summed E-state index contributed by atoms with van der Waals surface area (Å²) in [6, 6.07) is 4.93. The topological polar surface area (TPSA) is 67.6 Å². The SMILES string of the molecule is NC(=O)C1COCCN1c1c(F)cccc1CNC1CC1. The number of nitrogens with one attached hydrogen (secondary N) is 1. The van der Waals surface area contributed by atoms with Crippen molar-refractivity contribution < 1.29 is 13.9 Å². The van der Waals surface area contributed by atoms with Crippen molar-refractivity contribution in [3.63, 3.8) is 0 Å². The minimum absolute atomic E-state index is 0.208. The second kappa shape index (κ2) is 5.99. The molecule has 1 heterocycles. The second-order valence-corrected chi connectivity index (χ2v) is 5.59. The van der Waals surface area contributed by atoms with Gasteiger partial charge in [-0.25, -0.2) is 4.39 Å². The number of hydrogen-bond donors (Lipinski definition) is 2. The van der Waals surface area contributed by atoms with E-state index in [2.05, 4.69) is 5.32 Å². The van der Waals surface area contributed by atoms with Crippen LogP contribution in [-0.4, -0.2) is 37.7 Å². The Labute approximate surface area is 123 Å². The number of amides is 1. The van der Waals surface area contributed by atoms with Crippen LogP contribution in [0, 0.1) is 5.82 Å². The van der Waals surface area contributed by atoms with E-state index in [4.69, 9.17) is 10.5 Å². The van der Waals surface area contributed by atoms with Crippen LogP contribution in [0.15, 0.2) is 18.2 Å². The van der Waals surface area contributed by atoms with Crippen LogP contribution in [-0.2, 0) is 16.1 Å². The van der Waals surface area contributed by atoms with Gasteiger partial charge in [0.1, 0.15) is 11.9 Å². The molecular weight excluding hydrogens is 273 g/mol. The molecule has 2 aliphatic rings. The molecule has 5 nitrogen and oxygen atoms in total. The molecule has 0 bridgehead atoms. The molecule has 0 spiro atoms. The molecule has 0 radical (unpaired) electrons. The summed E-state index contributed by atoms with van der Waals surface area (Å²) in [5.74, 6) is -0.808. The Morgan fingerprint density at radius 3 is 3.00 bits per heavy atom. The van der Waals surface area contributed by atoms with Gasteiger partial charge in [0.25, 0.3) is 0 Å². The Hall–Kier alpha value is -1.66. The van der Waals surface area contributed by atoms with Gasteiger partial charge in [0.2, 0.25) is 5.91 Å². The minimum Gasteiger partial charge on any atom is -0.377 e. The number of hydrogen-bond acceptors (Lipinski definition) is 4. The van der Waals surface area contributed by atoms with Crippen LogP contribution >= 0.6 is 0 Å². The quantitative estimate of drug-likeness (QED) is 0.841. The number of ether oxygens (including phenoxy) is 1. The molecule has 1 saturated carbocycles. The average Bonchev–Trinajstić information content (AvgIpc) is 3.29. The van der Waals surface area contributed by atoms with Gasteiger partial charge >= 0.3 is 0 Å².